The molecule has 1 aromatic rings. The Labute approximate surface area is 127 Å². The highest BCUT2D eigenvalue weighted by molar-refractivity contribution is 5.01. The molecule has 21 heavy (non-hydrogen) atoms. The molecular weight excluding hydrogens is 264 g/mol. The first-order valence-electron chi connectivity index (χ1n) is 8.38. The summed E-state index contributed by atoms with van der Waals surface area (Å²) in [6.07, 6.45) is 4.40. The molecule has 0 spiro atoms. The Balaban J connectivity index is 1.40. The van der Waals surface area contributed by atoms with Gasteiger partial charge >= 0.3 is 0 Å². The summed E-state index contributed by atoms with van der Waals surface area (Å²) in [4.78, 5) is 5.20. The highest BCUT2D eigenvalue weighted by Gasteiger charge is 2.25. The highest BCUT2D eigenvalue weighted by atomic mass is 16.5. The van der Waals surface area contributed by atoms with E-state index in [0.717, 1.165) is 45.2 Å². The van der Waals surface area contributed by atoms with Crippen LogP contribution in [0.1, 0.15) is 19.0 Å². The van der Waals surface area contributed by atoms with Crippen LogP contribution in [-0.2, 0) is 17.7 Å². The van der Waals surface area contributed by atoms with Crippen LogP contribution in [0.15, 0.2) is 12.3 Å². The van der Waals surface area contributed by atoms with Crippen molar-refractivity contribution >= 4 is 0 Å². The van der Waals surface area contributed by atoms with Crippen molar-refractivity contribution in [1.29, 1.82) is 0 Å². The van der Waals surface area contributed by atoms with Crippen LogP contribution in [-0.4, -0.2) is 72.1 Å². The second-order valence-corrected chi connectivity index (χ2v) is 6.26. The van der Waals surface area contributed by atoms with Gasteiger partial charge in [0.2, 0.25) is 0 Å². The number of aromatic nitrogens is 2. The average Bonchev–Trinajstić information content (AvgIpc) is 3.15. The van der Waals surface area contributed by atoms with Gasteiger partial charge in [-0.1, -0.05) is 0 Å². The monoisotopic (exact) mass is 292 g/mol. The summed E-state index contributed by atoms with van der Waals surface area (Å²) in [5, 5.41) is 4.35. The Morgan fingerprint density at radius 1 is 1.24 bits per heavy atom. The van der Waals surface area contributed by atoms with E-state index in [1.54, 1.807) is 0 Å². The van der Waals surface area contributed by atoms with Crippen LogP contribution in [0.4, 0.5) is 0 Å². The van der Waals surface area contributed by atoms with E-state index < -0.39 is 0 Å². The van der Waals surface area contributed by atoms with Gasteiger partial charge in [0.15, 0.2) is 0 Å². The van der Waals surface area contributed by atoms with Gasteiger partial charge < -0.3 is 9.64 Å². The second kappa shape index (κ2) is 7.38. The fraction of sp³-hybridized carbons (Fsp3) is 0.812. The largest absolute Gasteiger partial charge is 0.379 e. The maximum absolute atomic E-state index is 5.43. The van der Waals surface area contributed by atoms with E-state index in [0.29, 0.717) is 0 Å². The molecule has 5 heteroatoms. The third-order valence-electron chi connectivity index (χ3n) is 4.78. The zero-order chi connectivity index (χ0) is 14.5. The highest BCUT2D eigenvalue weighted by Crippen LogP contribution is 2.18. The Morgan fingerprint density at radius 3 is 2.90 bits per heavy atom. The zero-order valence-electron chi connectivity index (χ0n) is 13.2. The number of nitrogens with zero attached hydrogens (tertiary/aromatic N) is 4. The predicted molar refractivity (Wildman–Crippen MR) is 83.4 cm³/mol. The molecule has 0 aliphatic carbocycles. The molecule has 0 bridgehead atoms. The number of rotatable bonds is 6. The lowest BCUT2D eigenvalue weighted by molar-refractivity contribution is 0.0312. The van der Waals surface area contributed by atoms with Crippen molar-refractivity contribution in [2.75, 3.05) is 52.5 Å². The van der Waals surface area contributed by atoms with E-state index in [1.165, 1.54) is 38.3 Å². The Bertz CT molecular complexity index is 428. The number of aryl methyl sites for hydroxylation is 1. The minimum atomic E-state index is 0.846. The van der Waals surface area contributed by atoms with Gasteiger partial charge in [0, 0.05) is 57.6 Å². The Morgan fingerprint density at radius 2 is 2.10 bits per heavy atom. The summed E-state index contributed by atoms with van der Waals surface area (Å²) >= 11 is 0. The van der Waals surface area contributed by atoms with Gasteiger partial charge in [-0.15, -0.1) is 0 Å². The summed E-state index contributed by atoms with van der Waals surface area (Å²) in [6, 6.07) is 2.16. The third-order valence-corrected chi connectivity index (χ3v) is 4.78. The topological polar surface area (TPSA) is 33.5 Å². The van der Waals surface area contributed by atoms with E-state index in [-0.39, 0.29) is 0 Å². The van der Waals surface area contributed by atoms with Crippen LogP contribution >= 0.6 is 0 Å². The van der Waals surface area contributed by atoms with Gasteiger partial charge in [-0.25, -0.2) is 0 Å². The van der Waals surface area contributed by atoms with Crippen LogP contribution in [0.2, 0.25) is 0 Å². The fourth-order valence-corrected chi connectivity index (χ4v) is 3.54. The second-order valence-electron chi connectivity index (χ2n) is 6.26. The van der Waals surface area contributed by atoms with E-state index in [2.05, 4.69) is 32.6 Å². The molecule has 5 nitrogen and oxygen atoms in total. The van der Waals surface area contributed by atoms with Gasteiger partial charge in [-0.3, -0.25) is 9.58 Å². The molecule has 0 N–H and O–H groups in total. The van der Waals surface area contributed by atoms with Crippen molar-refractivity contribution in [1.82, 2.24) is 19.6 Å². The Kier molecular flexibility index (Phi) is 5.27. The third kappa shape index (κ3) is 4.05. The van der Waals surface area contributed by atoms with E-state index in [1.807, 2.05) is 6.20 Å². The van der Waals surface area contributed by atoms with Crippen molar-refractivity contribution in [3.05, 3.63) is 18.0 Å². The zero-order valence-corrected chi connectivity index (χ0v) is 13.2. The first-order valence-corrected chi connectivity index (χ1v) is 8.38. The number of morpholine rings is 1. The summed E-state index contributed by atoms with van der Waals surface area (Å²) in [5.41, 5.74) is 1.37. The minimum Gasteiger partial charge on any atom is -0.379 e. The first-order chi connectivity index (χ1) is 10.3. The number of likely N-dealkylation sites (tertiary alicyclic amines) is 1. The number of hydrogen-bond donors (Lipinski definition) is 0. The standard InChI is InChI=1S/C16H28N4O/c1-2-20-16(3-6-17-20)5-8-18-7-4-15(13-18)14-19-9-11-21-12-10-19/h3,6,15H,2,4-5,7-14H2,1H3. The molecule has 3 rings (SSSR count). The van der Waals surface area contributed by atoms with Crippen molar-refractivity contribution < 1.29 is 4.74 Å². The molecule has 2 aliphatic rings. The molecular formula is C16H28N4O. The van der Waals surface area contributed by atoms with Crippen molar-refractivity contribution in [3.8, 4) is 0 Å². The van der Waals surface area contributed by atoms with Crippen molar-refractivity contribution in [2.45, 2.75) is 26.3 Å². The molecule has 0 saturated carbocycles. The molecule has 3 heterocycles. The first kappa shape index (κ1) is 15.0. The van der Waals surface area contributed by atoms with Gasteiger partial charge in [-0.2, -0.15) is 5.10 Å². The lowest BCUT2D eigenvalue weighted by Gasteiger charge is -2.29. The maximum Gasteiger partial charge on any atom is 0.0594 e. The molecule has 0 amide bonds. The molecule has 2 aliphatic heterocycles. The fourth-order valence-electron chi connectivity index (χ4n) is 3.54. The smallest absolute Gasteiger partial charge is 0.0594 e. The molecule has 1 aromatic heterocycles. The molecule has 2 saturated heterocycles. The molecule has 0 aromatic carbocycles. The molecule has 118 valence electrons. The maximum atomic E-state index is 5.43. The SMILES string of the molecule is CCn1nccc1CCN1CCC(CN2CCOCC2)C1. The van der Waals surface area contributed by atoms with Crippen LogP contribution < -0.4 is 0 Å². The number of ether oxygens (including phenoxy) is 1. The van der Waals surface area contributed by atoms with Gasteiger partial charge in [0.05, 0.1) is 13.2 Å². The van der Waals surface area contributed by atoms with Gasteiger partial charge in [-0.05, 0) is 31.9 Å². The molecule has 1 atom stereocenters. The molecule has 2 fully saturated rings. The lowest BCUT2D eigenvalue weighted by Crippen LogP contribution is -2.40. The van der Waals surface area contributed by atoms with Crippen molar-refractivity contribution in [2.24, 2.45) is 5.92 Å². The summed E-state index contributed by atoms with van der Waals surface area (Å²) < 4.78 is 7.54. The van der Waals surface area contributed by atoms with E-state index >= 15 is 0 Å². The van der Waals surface area contributed by atoms with Gasteiger partial charge in [0.1, 0.15) is 0 Å². The van der Waals surface area contributed by atoms with Crippen LogP contribution in [0.3, 0.4) is 0 Å². The minimum absolute atomic E-state index is 0.846. The number of hydrogen-bond acceptors (Lipinski definition) is 4. The molecule has 0 radical (unpaired) electrons. The van der Waals surface area contributed by atoms with Gasteiger partial charge in [0.25, 0.3) is 0 Å². The summed E-state index contributed by atoms with van der Waals surface area (Å²) in [5.74, 6) is 0.846. The predicted octanol–water partition coefficient (Wildman–Crippen LogP) is 1.10. The van der Waals surface area contributed by atoms with Crippen LogP contribution in [0.5, 0.6) is 0 Å². The van der Waals surface area contributed by atoms with Crippen LogP contribution in [0, 0.1) is 5.92 Å². The summed E-state index contributed by atoms with van der Waals surface area (Å²) in [7, 11) is 0. The van der Waals surface area contributed by atoms with E-state index in [9.17, 15) is 0 Å². The quantitative estimate of drug-likeness (QED) is 0.786. The normalized spacial score (nSPS) is 24.7. The lowest BCUT2D eigenvalue weighted by atomic mass is 10.1. The average molecular weight is 292 g/mol. The Hall–Kier alpha value is -0.910. The molecule has 1 unspecified atom stereocenters. The van der Waals surface area contributed by atoms with Crippen molar-refractivity contribution in [3.63, 3.8) is 0 Å². The summed E-state index contributed by atoms with van der Waals surface area (Å²) in [6.45, 7) is 12.1. The van der Waals surface area contributed by atoms with Crippen LogP contribution in [0.25, 0.3) is 0 Å². The van der Waals surface area contributed by atoms with E-state index in [4.69, 9.17) is 4.74 Å².